The first kappa shape index (κ1) is 20.7. The lowest BCUT2D eigenvalue weighted by atomic mass is 9.88. The molecule has 0 aliphatic heterocycles. The summed E-state index contributed by atoms with van der Waals surface area (Å²) in [6.07, 6.45) is 1.52. The maximum absolute atomic E-state index is 12.5. The van der Waals surface area contributed by atoms with Gasteiger partial charge in [-0.3, -0.25) is 9.59 Å². The number of aliphatic carboxylic acids is 1. The Morgan fingerprint density at radius 3 is 2.36 bits per heavy atom. The molecule has 1 amide bonds. The van der Waals surface area contributed by atoms with Crippen molar-refractivity contribution in [3.05, 3.63) is 70.8 Å². The van der Waals surface area contributed by atoms with Crippen molar-refractivity contribution in [2.24, 2.45) is 0 Å². The van der Waals surface area contributed by atoms with Gasteiger partial charge in [0.25, 0.3) is 0 Å². The van der Waals surface area contributed by atoms with E-state index in [9.17, 15) is 9.59 Å². The number of nitriles is 2. The van der Waals surface area contributed by atoms with Crippen LogP contribution in [0, 0.1) is 22.7 Å². The molecule has 142 valence electrons. The highest BCUT2D eigenvalue weighted by molar-refractivity contribution is 5.81. The van der Waals surface area contributed by atoms with Gasteiger partial charge in [-0.25, -0.2) is 0 Å². The summed E-state index contributed by atoms with van der Waals surface area (Å²) < 4.78 is 0. The monoisotopic (exact) mass is 375 g/mol. The maximum Gasteiger partial charge on any atom is 0.323 e. The van der Waals surface area contributed by atoms with Crippen LogP contribution in [-0.2, 0) is 16.0 Å². The number of benzene rings is 2. The number of carboxylic acids is 1. The topological polar surface area (TPSA) is 105 Å². The van der Waals surface area contributed by atoms with E-state index < -0.39 is 5.97 Å². The Kier molecular flexibility index (Phi) is 7.30. The first-order valence-corrected chi connectivity index (χ1v) is 8.87. The molecule has 2 aromatic rings. The van der Waals surface area contributed by atoms with Gasteiger partial charge in [0, 0.05) is 13.5 Å². The predicted octanol–water partition coefficient (Wildman–Crippen LogP) is 3.08. The van der Waals surface area contributed by atoms with Gasteiger partial charge >= 0.3 is 5.97 Å². The van der Waals surface area contributed by atoms with Crippen LogP contribution in [-0.4, -0.2) is 35.5 Å². The molecule has 2 rings (SSSR count). The first-order chi connectivity index (χ1) is 13.4. The van der Waals surface area contributed by atoms with Crippen molar-refractivity contribution in [2.45, 2.75) is 25.2 Å². The fraction of sp³-hybridized carbons (Fsp3) is 0.273. The zero-order chi connectivity index (χ0) is 20.5. The summed E-state index contributed by atoms with van der Waals surface area (Å²) in [4.78, 5) is 24.5. The highest BCUT2D eigenvalue weighted by atomic mass is 16.4. The number of aryl methyl sites for hydroxylation is 1. The molecule has 0 saturated carbocycles. The van der Waals surface area contributed by atoms with Crippen molar-refractivity contribution in [1.29, 1.82) is 10.5 Å². The summed E-state index contributed by atoms with van der Waals surface area (Å²) in [6.45, 7) is -0.348. The minimum absolute atomic E-state index is 0.146. The predicted molar refractivity (Wildman–Crippen MR) is 103 cm³/mol. The van der Waals surface area contributed by atoms with Crippen LogP contribution in [0.2, 0.25) is 0 Å². The van der Waals surface area contributed by atoms with Gasteiger partial charge in [0.1, 0.15) is 6.54 Å². The van der Waals surface area contributed by atoms with Crippen LogP contribution in [0.25, 0.3) is 0 Å². The quantitative estimate of drug-likeness (QED) is 0.763. The van der Waals surface area contributed by atoms with Gasteiger partial charge in [-0.1, -0.05) is 24.3 Å². The van der Waals surface area contributed by atoms with Crippen LogP contribution in [0.5, 0.6) is 0 Å². The molecule has 0 fully saturated rings. The lowest BCUT2D eigenvalue weighted by molar-refractivity contribution is -0.143. The molecule has 0 aliphatic rings. The van der Waals surface area contributed by atoms with Crippen molar-refractivity contribution in [1.82, 2.24) is 4.90 Å². The lowest BCUT2D eigenvalue weighted by Crippen LogP contribution is -2.32. The Hall–Kier alpha value is -3.64. The third kappa shape index (κ3) is 5.96. The van der Waals surface area contributed by atoms with E-state index in [1.807, 2.05) is 18.2 Å². The number of rotatable bonds is 8. The zero-order valence-corrected chi connectivity index (χ0v) is 15.6. The molecule has 0 heterocycles. The Bertz CT molecular complexity index is 923. The minimum Gasteiger partial charge on any atom is -0.480 e. The maximum atomic E-state index is 12.5. The second-order valence-corrected chi connectivity index (χ2v) is 6.63. The molecule has 1 unspecified atom stereocenters. The van der Waals surface area contributed by atoms with Crippen LogP contribution in [0.1, 0.15) is 41.0 Å². The fourth-order valence-corrected chi connectivity index (χ4v) is 2.99. The average Bonchev–Trinajstić information content (AvgIpc) is 2.70. The third-order valence-electron chi connectivity index (χ3n) is 4.57. The standard InChI is InChI=1S/C22H21N3O3/c1-25(15-22(27)28)21(26)12-20(19-4-2-3-18(11-19)14-24)10-9-16-5-7-17(13-23)8-6-16/h2-8,11,20H,9-10,12,15H2,1H3,(H,27,28). The number of hydrogen-bond acceptors (Lipinski definition) is 4. The molecule has 6 nitrogen and oxygen atoms in total. The zero-order valence-electron chi connectivity index (χ0n) is 15.6. The number of hydrogen-bond donors (Lipinski definition) is 1. The minimum atomic E-state index is -1.06. The number of carbonyl (C=O) groups excluding carboxylic acids is 1. The van der Waals surface area contributed by atoms with Gasteiger partial charge in [0.05, 0.1) is 23.3 Å². The van der Waals surface area contributed by atoms with E-state index in [0.29, 0.717) is 24.0 Å². The fourth-order valence-electron chi connectivity index (χ4n) is 2.99. The van der Waals surface area contributed by atoms with Gasteiger partial charge in [-0.05, 0) is 54.2 Å². The van der Waals surface area contributed by atoms with E-state index in [-0.39, 0.29) is 24.8 Å². The average molecular weight is 375 g/mol. The molecule has 0 aliphatic carbocycles. The Morgan fingerprint density at radius 1 is 1.07 bits per heavy atom. The summed E-state index contributed by atoms with van der Waals surface area (Å²) in [5.41, 5.74) is 3.04. The molecular weight excluding hydrogens is 354 g/mol. The molecular formula is C22H21N3O3. The Labute approximate surface area is 164 Å². The highest BCUT2D eigenvalue weighted by Gasteiger charge is 2.20. The molecule has 0 radical (unpaired) electrons. The number of carbonyl (C=O) groups is 2. The number of likely N-dealkylation sites (N-methyl/N-ethyl adjacent to an activating group) is 1. The van der Waals surface area contributed by atoms with Gasteiger partial charge in [0.2, 0.25) is 5.91 Å². The molecule has 2 aromatic carbocycles. The smallest absolute Gasteiger partial charge is 0.323 e. The van der Waals surface area contributed by atoms with Crippen molar-refractivity contribution in [3.63, 3.8) is 0 Å². The first-order valence-electron chi connectivity index (χ1n) is 8.87. The summed E-state index contributed by atoms with van der Waals surface area (Å²) in [7, 11) is 1.47. The van der Waals surface area contributed by atoms with Gasteiger partial charge in [0.15, 0.2) is 0 Å². The summed E-state index contributed by atoms with van der Waals surface area (Å²) >= 11 is 0. The van der Waals surface area contributed by atoms with Crippen LogP contribution in [0.15, 0.2) is 48.5 Å². The third-order valence-corrected chi connectivity index (χ3v) is 4.57. The Balaban J connectivity index is 2.17. The second-order valence-electron chi connectivity index (χ2n) is 6.63. The second kappa shape index (κ2) is 9.89. The molecule has 0 spiro atoms. The number of nitrogens with zero attached hydrogens (tertiary/aromatic N) is 3. The van der Waals surface area contributed by atoms with Crippen LogP contribution in [0.4, 0.5) is 0 Å². The lowest BCUT2D eigenvalue weighted by Gasteiger charge is -2.21. The van der Waals surface area contributed by atoms with Crippen LogP contribution in [0.3, 0.4) is 0 Å². The summed E-state index contributed by atoms with van der Waals surface area (Å²) in [5, 5.41) is 26.9. The molecule has 1 N–H and O–H groups in total. The number of carboxylic acid groups (broad SMARTS) is 1. The molecule has 1 atom stereocenters. The summed E-state index contributed by atoms with van der Waals surface area (Å²) in [5.74, 6) is -1.46. The van der Waals surface area contributed by atoms with E-state index in [0.717, 1.165) is 11.1 Å². The molecule has 28 heavy (non-hydrogen) atoms. The van der Waals surface area contributed by atoms with Gasteiger partial charge in [-0.2, -0.15) is 10.5 Å². The highest BCUT2D eigenvalue weighted by Crippen LogP contribution is 2.27. The SMILES string of the molecule is CN(CC(=O)O)C(=O)CC(CCc1ccc(C#N)cc1)c1cccc(C#N)c1. The van der Waals surface area contributed by atoms with E-state index in [4.69, 9.17) is 15.6 Å². The van der Waals surface area contributed by atoms with Crippen molar-refractivity contribution >= 4 is 11.9 Å². The van der Waals surface area contributed by atoms with Gasteiger partial charge in [-0.15, -0.1) is 0 Å². The normalized spacial score (nSPS) is 11.1. The van der Waals surface area contributed by atoms with E-state index in [2.05, 4.69) is 12.1 Å². The van der Waals surface area contributed by atoms with Crippen LogP contribution < -0.4 is 0 Å². The Morgan fingerprint density at radius 2 is 1.75 bits per heavy atom. The van der Waals surface area contributed by atoms with Gasteiger partial charge < -0.3 is 10.0 Å². The largest absolute Gasteiger partial charge is 0.480 e. The van der Waals surface area contributed by atoms with E-state index >= 15 is 0 Å². The summed E-state index contributed by atoms with van der Waals surface area (Å²) in [6, 6.07) is 18.6. The van der Waals surface area contributed by atoms with E-state index in [1.54, 1.807) is 30.3 Å². The molecule has 0 saturated heterocycles. The van der Waals surface area contributed by atoms with Crippen molar-refractivity contribution in [3.8, 4) is 12.1 Å². The van der Waals surface area contributed by atoms with Crippen LogP contribution >= 0.6 is 0 Å². The molecule has 6 heteroatoms. The van der Waals surface area contributed by atoms with E-state index in [1.165, 1.54) is 11.9 Å². The molecule has 0 bridgehead atoms. The van der Waals surface area contributed by atoms with Crippen molar-refractivity contribution in [2.75, 3.05) is 13.6 Å². The molecule has 0 aromatic heterocycles. The van der Waals surface area contributed by atoms with Crippen molar-refractivity contribution < 1.29 is 14.7 Å². The number of amides is 1.